The Morgan fingerprint density at radius 3 is 2.60 bits per heavy atom. The van der Waals surface area contributed by atoms with Gasteiger partial charge in [0.15, 0.2) is 0 Å². The van der Waals surface area contributed by atoms with E-state index in [1.807, 2.05) is 36.1 Å². The van der Waals surface area contributed by atoms with Gasteiger partial charge < -0.3 is 15.0 Å². The summed E-state index contributed by atoms with van der Waals surface area (Å²) in [6.07, 6.45) is 0. The van der Waals surface area contributed by atoms with Crippen molar-refractivity contribution < 1.29 is 9.53 Å². The van der Waals surface area contributed by atoms with Gasteiger partial charge in [-0.15, -0.1) is 0 Å². The molecule has 2 amide bonds. The first-order chi connectivity index (χ1) is 9.70. The molecule has 0 aromatic heterocycles. The van der Waals surface area contributed by atoms with Gasteiger partial charge in [-0.25, -0.2) is 4.79 Å². The fourth-order valence-corrected chi connectivity index (χ4v) is 2.30. The number of ether oxygens (including phenoxy) is 1. The van der Waals surface area contributed by atoms with Crippen LogP contribution in [0, 0.1) is 6.92 Å². The fraction of sp³-hybridized carbons (Fsp3) is 0.533. The maximum Gasteiger partial charge on any atom is 0.321 e. The summed E-state index contributed by atoms with van der Waals surface area (Å²) in [5, 5.41) is 2.98. The van der Waals surface area contributed by atoms with Crippen LogP contribution in [0.2, 0.25) is 0 Å². The van der Waals surface area contributed by atoms with Gasteiger partial charge in [0.1, 0.15) is 0 Å². The molecule has 5 nitrogen and oxygen atoms in total. The fourth-order valence-electron chi connectivity index (χ4n) is 2.30. The molecule has 1 aromatic carbocycles. The second kappa shape index (κ2) is 7.26. The highest BCUT2D eigenvalue weighted by Crippen LogP contribution is 2.14. The monoisotopic (exact) mass is 277 g/mol. The molecule has 20 heavy (non-hydrogen) atoms. The van der Waals surface area contributed by atoms with Crippen molar-refractivity contribution in [3.63, 3.8) is 0 Å². The number of rotatable bonds is 4. The minimum atomic E-state index is -0.00862. The molecule has 1 aliphatic heterocycles. The lowest BCUT2D eigenvalue weighted by Gasteiger charge is -2.34. The van der Waals surface area contributed by atoms with Crippen LogP contribution in [-0.2, 0) is 4.74 Å². The zero-order valence-electron chi connectivity index (χ0n) is 12.3. The van der Waals surface area contributed by atoms with Crippen LogP contribution in [-0.4, -0.2) is 62.3 Å². The first-order valence-electron chi connectivity index (χ1n) is 7.03. The Balaban J connectivity index is 1.82. The third kappa shape index (κ3) is 3.95. The van der Waals surface area contributed by atoms with E-state index >= 15 is 0 Å². The molecule has 1 heterocycles. The lowest BCUT2D eigenvalue weighted by Crippen LogP contribution is -2.50. The van der Waals surface area contributed by atoms with Gasteiger partial charge in [-0.05, 0) is 18.6 Å². The first kappa shape index (κ1) is 14.8. The Labute approximate surface area is 120 Å². The summed E-state index contributed by atoms with van der Waals surface area (Å²) in [6.45, 7) is 7.02. The molecule has 1 fully saturated rings. The van der Waals surface area contributed by atoms with Crippen molar-refractivity contribution in [3.8, 4) is 0 Å². The standard InChI is InChI=1S/C15H23N3O2/c1-13-5-3-4-6-14(13)16-15(19)18-9-7-17(8-10-18)11-12-20-2/h3-6H,7-12H2,1-2H3,(H,16,19). The normalized spacial score (nSPS) is 16.2. The van der Waals surface area contributed by atoms with Gasteiger partial charge in [0.05, 0.1) is 6.61 Å². The van der Waals surface area contributed by atoms with Crippen LogP contribution in [0.4, 0.5) is 10.5 Å². The molecule has 0 saturated carbocycles. The molecule has 0 unspecified atom stereocenters. The molecule has 0 radical (unpaired) electrons. The minimum Gasteiger partial charge on any atom is -0.383 e. The number of anilines is 1. The van der Waals surface area contributed by atoms with Gasteiger partial charge in [-0.3, -0.25) is 4.90 Å². The van der Waals surface area contributed by atoms with E-state index in [2.05, 4.69) is 10.2 Å². The van der Waals surface area contributed by atoms with Gasteiger partial charge in [-0.1, -0.05) is 18.2 Å². The number of hydrogen-bond donors (Lipinski definition) is 1. The smallest absolute Gasteiger partial charge is 0.321 e. The summed E-state index contributed by atoms with van der Waals surface area (Å²) in [5.41, 5.74) is 1.97. The Morgan fingerprint density at radius 1 is 1.25 bits per heavy atom. The van der Waals surface area contributed by atoms with E-state index in [1.165, 1.54) is 0 Å². The average molecular weight is 277 g/mol. The number of aryl methyl sites for hydroxylation is 1. The molecule has 0 aliphatic carbocycles. The Bertz CT molecular complexity index is 442. The molecule has 2 rings (SSSR count). The zero-order chi connectivity index (χ0) is 14.4. The number of urea groups is 1. The number of nitrogens with one attached hydrogen (secondary N) is 1. The number of carbonyl (C=O) groups excluding carboxylic acids is 1. The maximum absolute atomic E-state index is 12.2. The molecule has 1 aliphatic rings. The van der Waals surface area contributed by atoms with Crippen LogP contribution in [0.5, 0.6) is 0 Å². The number of piperazine rings is 1. The van der Waals surface area contributed by atoms with Gasteiger partial charge in [0, 0.05) is 45.5 Å². The number of methoxy groups -OCH3 is 1. The highest BCUT2D eigenvalue weighted by Gasteiger charge is 2.20. The van der Waals surface area contributed by atoms with E-state index in [9.17, 15) is 4.79 Å². The van der Waals surface area contributed by atoms with E-state index in [0.717, 1.165) is 50.6 Å². The Kier molecular flexibility index (Phi) is 5.38. The molecule has 0 bridgehead atoms. The largest absolute Gasteiger partial charge is 0.383 e. The van der Waals surface area contributed by atoms with E-state index in [1.54, 1.807) is 7.11 Å². The highest BCUT2D eigenvalue weighted by molar-refractivity contribution is 5.90. The summed E-state index contributed by atoms with van der Waals surface area (Å²) in [4.78, 5) is 16.4. The lowest BCUT2D eigenvalue weighted by atomic mass is 10.2. The predicted molar refractivity (Wildman–Crippen MR) is 80.1 cm³/mol. The number of carbonyl (C=O) groups is 1. The second-order valence-corrected chi connectivity index (χ2v) is 5.07. The van der Waals surface area contributed by atoms with Crippen LogP contribution in [0.15, 0.2) is 24.3 Å². The van der Waals surface area contributed by atoms with E-state index < -0.39 is 0 Å². The van der Waals surface area contributed by atoms with Crippen molar-refractivity contribution in [3.05, 3.63) is 29.8 Å². The summed E-state index contributed by atoms with van der Waals surface area (Å²) in [5.74, 6) is 0. The van der Waals surface area contributed by atoms with Crippen LogP contribution in [0.1, 0.15) is 5.56 Å². The average Bonchev–Trinajstić information content (AvgIpc) is 2.48. The SMILES string of the molecule is COCCN1CCN(C(=O)Nc2ccccc2C)CC1. The van der Waals surface area contributed by atoms with Crippen LogP contribution >= 0.6 is 0 Å². The third-order valence-corrected chi connectivity index (χ3v) is 3.66. The topological polar surface area (TPSA) is 44.8 Å². The molecule has 1 N–H and O–H groups in total. The number of amides is 2. The highest BCUT2D eigenvalue weighted by atomic mass is 16.5. The van der Waals surface area contributed by atoms with Crippen molar-refractivity contribution in [2.75, 3.05) is 51.8 Å². The number of nitrogens with zero attached hydrogens (tertiary/aromatic N) is 2. The van der Waals surface area contributed by atoms with Crippen molar-refractivity contribution >= 4 is 11.7 Å². The molecular weight excluding hydrogens is 254 g/mol. The summed E-state index contributed by atoms with van der Waals surface area (Å²) >= 11 is 0. The van der Waals surface area contributed by atoms with Gasteiger partial charge in [0.2, 0.25) is 0 Å². The van der Waals surface area contributed by atoms with Crippen molar-refractivity contribution in [2.24, 2.45) is 0 Å². The van der Waals surface area contributed by atoms with Crippen molar-refractivity contribution in [1.29, 1.82) is 0 Å². The molecule has 1 aromatic rings. The van der Waals surface area contributed by atoms with Crippen molar-refractivity contribution in [1.82, 2.24) is 9.80 Å². The van der Waals surface area contributed by atoms with Crippen LogP contribution in [0.3, 0.4) is 0 Å². The van der Waals surface area contributed by atoms with Gasteiger partial charge in [-0.2, -0.15) is 0 Å². The summed E-state index contributed by atoms with van der Waals surface area (Å²) in [6, 6.07) is 7.83. The molecular formula is C15H23N3O2. The Hall–Kier alpha value is -1.59. The zero-order valence-corrected chi connectivity index (χ0v) is 12.3. The number of benzene rings is 1. The van der Waals surface area contributed by atoms with Crippen molar-refractivity contribution in [2.45, 2.75) is 6.92 Å². The van der Waals surface area contributed by atoms with E-state index in [4.69, 9.17) is 4.74 Å². The second-order valence-electron chi connectivity index (χ2n) is 5.07. The summed E-state index contributed by atoms with van der Waals surface area (Å²) < 4.78 is 5.08. The predicted octanol–water partition coefficient (Wildman–Crippen LogP) is 1.79. The first-order valence-corrected chi connectivity index (χ1v) is 7.03. The third-order valence-electron chi connectivity index (χ3n) is 3.66. The number of para-hydroxylation sites is 1. The van der Waals surface area contributed by atoms with Crippen LogP contribution < -0.4 is 5.32 Å². The van der Waals surface area contributed by atoms with E-state index in [-0.39, 0.29) is 6.03 Å². The van der Waals surface area contributed by atoms with E-state index in [0.29, 0.717) is 0 Å². The molecule has 110 valence electrons. The molecule has 0 spiro atoms. The van der Waals surface area contributed by atoms with Gasteiger partial charge >= 0.3 is 6.03 Å². The minimum absolute atomic E-state index is 0.00862. The molecule has 0 atom stereocenters. The molecule has 1 saturated heterocycles. The Morgan fingerprint density at radius 2 is 1.95 bits per heavy atom. The maximum atomic E-state index is 12.2. The summed E-state index contributed by atoms with van der Waals surface area (Å²) in [7, 11) is 1.71. The van der Waals surface area contributed by atoms with Crippen LogP contribution in [0.25, 0.3) is 0 Å². The quantitative estimate of drug-likeness (QED) is 0.912. The lowest BCUT2D eigenvalue weighted by molar-refractivity contribution is 0.109. The molecule has 5 heteroatoms. The van der Waals surface area contributed by atoms with Gasteiger partial charge in [0.25, 0.3) is 0 Å². The number of hydrogen-bond acceptors (Lipinski definition) is 3.